The van der Waals surface area contributed by atoms with Crippen LogP contribution >= 0.6 is 0 Å². The van der Waals surface area contributed by atoms with Gasteiger partial charge < -0.3 is 10.0 Å². The van der Waals surface area contributed by atoms with Crippen molar-refractivity contribution in [3.8, 4) is 0 Å². The summed E-state index contributed by atoms with van der Waals surface area (Å²) >= 11 is 0. The fourth-order valence-electron chi connectivity index (χ4n) is 4.22. The van der Waals surface area contributed by atoms with E-state index in [0.717, 1.165) is 31.7 Å². The first-order chi connectivity index (χ1) is 11.8. The SMILES string of the molecule is OC(CN1CCCC(N2CCc3ccccc32)C1)c1ccccc1. The molecule has 3 nitrogen and oxygen atoms in total. The number of benzene rings is 2. The number of β-amino-alcohol motifs (C(OH)–C–C–N with tert-alkyl or cyclic N) is 1. The van der Waals surface area contributed by atoms with Gasteiger partial charge in [0.25, 0.3) is 0 Å². The van der Waals surface area contributed by atoms with Crippen molar-refractivity contribution in [1.29, 1.82) is 0 Å². The van der Waals surface area contributed by atoms with Gasteiger partial charge in [-0.3, -0.25) is 4.90 Å². The second-order valence-corrected chi connectivity index (χ2v) is 7.05. The molecule has 0 radical (unpaired) electrons. The molecule has 4 rings (SSSR count). The minimum atomic E-state index is -0.393. The number of fused-ring (bicyclic) bond motifs is 1. The Morgan fingerprint density at radius 1 is 1.00 bits per heavy atom. The van der Waals surface area contributed by atoms with E-state index in [4.69, 9.17) is 0 Å². The Kier molecular flexibility index (Phi) is 4.54. The number of nitrogens with zero attached hydrogens (tertiary/aromatic N) is 2. The minimum absolute atomic E-state index is 0.393. The maximum atomic E-state index is 10.5. The summed E-state index contributed by atoms with van der Waals surface area (Å²) < 4.78 is 0. The van der Waals surface area contributed by atoms with E-state index in [1.54, 1.807) is 0 Å². The molecule has 0 amide bonds. The van der Waals surface area contributed by atoms with Gasteiger partial charge in [0.2, 0.25) is 0 Å². The average Bonchev–Trinajstić information content (AvgIpc) is 3.07. The number of piperidine rings is 1. The van der Waals surface area contributed by atoms with Crippen molar-refractivity contribution >= 4 is 5.69 Å². The second kappa shape index (κ2) is 6.96. The number of rotatable bonds is 4. The predicted molar refractivity (Wildman–Crippen MR) is 98.4 cm³/mol. The fraction of sp³-hybridized carbons (Fsp3) is 0.429. The van der Waals surface area contributed by atoms with E-state index >= 15 is 0 Å². The highest BCUT2D eigenvalue weighted by atomic mass is 16.3. The number of aliphatic hydroxyl groups is 1. The molecule has 2 aromatic carbocycles. The van der Waals surface area contributed by atoms with Gasteiger partial charge in [-0.05, 0) is 43.0 Å². The van der Waals surface area contributed by atoms with Crippen molar-refractivity contribution in [3.05, 3.63) is 65.7 Å². The maximum absolute atomic E-state index is 10.5. The van der Waals surface area contributed by atoms with Gasteiger partial charge in [0.15, 0.2) is 0 Å². The normalized spacial score (nSPS) is 22.4. The van der Waals surface area contributed by atoms with Crippen molar-refractivity contribution in [2.75, 3.05) is 31.1 Å². The molecule has 0 bridgehead atoms. The maximum Gasteiger partial charge on any atom is 0.0916 e. The van der Waals surface area contributed by atoms with Gasteiger partial charge in [0.05, 0.1) is 6.10 Å². The molecule has 1 N–H and O–H groups in total. The first kappa shape index (κ1) is 15.7. The molecular weight excluding hydrogens is 296 g/mol. The van der Waals surface area contributed by atoms with Gasteiger partial charge in [0, 0.05) is 31.4 Å². The monoisotopic (exact) mass is 322 g/mol. The van der Waals surface area contributed by atoms with Gasteiger partial charge in [0.1, 0.15) is 0 Å². The van der Waals surface area contributed by atoms with Crippen LogP contribution in [0.2, 0.25) is 0 Å². The average molecular weight is 322 g/mol. The Bertz CT molecular complexity index is 673. The lowest BCUT2D eigenvalue weighted by Gasteiger charge is -2.39. The zero-order chi connectivity index (χ0) is 16.4. The quantitative estimate of drug-likeness (QED) is 0.936. The summed E-state index contributed by atoms with van der Waals surface area (Å²) in [5.74, 6) is 0. The molecule has 1 saturated heterocycles. The molecule has 2 atom stereocenters. The van der Waals surface area contributed by atoms with E-state index in [1.165, 1.54) is 30.5 Å². The van der Waals surface area contributed by atoms with Crippen LogP contribution in [-0.2, 0) is 6.42 Å². The van der Waals surface area contributed by atoms with Crippen molar-refractivity contribution < 1.29 is 5.11 Å². The molecule has 2 heterocycles. The molecule has 0 aliphatic carbocycles. The number of likely N-dealkylation sites (tertiary alicyclic amines) is 1. The lowest BCUT2D eigenvalue weighted by molar-refractivity contribution is 0.0952. The van der Waals surface area contributed by atoms with Crippen LogP contribution < -0.4 is 4.90 Å². The van der Waals surface area contributed by atoms with Crippen LogP contribution in [0.25, 0.3) is 0 Å². The fourth-order valence-corrected chi connectivity index (χ4v) is 4.22. The van der Waals surface area contributed by atoms with Crippen molar-refractivity contribution in [2.24, 2.45) is 0 Å². The predicted octanol–water partition coefficient (Wildman–Crippen LogP) is 3.25. The lowest BCUT2D eigenvalue weighted by atomic mass is 10.0. The number of para-hydroxylation sites is 1. The lowest BCUT2D eigenvalue weighted by Crippen LogP contribution is -2.48. The zero-order valence-electron chi connectivity index (χ0n) is 14.1. The van der Waals surface area contributed by atoms with E-state index in [1.807, 2.05) is 30.3 Å². The minimum Gasteiger partial charge on any atom is -0.387 e. The molecule has 1 fully saturated rings. The Labute approximate surface area is 144 Å². The van der Waals surface area contributed by atoms with Crippen molar-refractivity contribution in [2.45, 2.75) is 31.4 Å². The second-order valence-electron chi connectivity index (χ2n) is 7.05. The number of anilines is 1. The van der Waals surface area contributed by atoms with E-state index in [-0.39, 0.29) is 0 Å². The van der Waals surface area contributed by atoms with Crippen LogP contribution in [0.4, 0.5) is 5.69 Å². The molecule has 0 spiro atoms. The van der Waals surface area contributed by atoms with E-state index in [0.29, 0.717) is 6.04 Å². The molecule has 24 heavy (non-hydrogen) atoms. The van der Waals surface area contributed by atoms with Gasteiger partial charge in [-0.2, -0.15) is 0 Å². The molecular formula is C21H26N2O. The third-order valence-electron chi connectivity index (χ3n) is 5.46. The third kappa shape index (κ3) is 3.19. The Morgan fingerprint density at radius 2 is 1.79 bits per heavy atom. The van der Waals surface area contributed by atoms with Crippen LogP contribution in [0, 0.1) is 0 Å². The van der Waals surface area contributed by atoms with Crippen molar-refractivity contribution in [3.63, 3.8) is 0 Å². The standard InChI is InChI=1S/C21H26N2O/c24-21(18-8-2-1-3-9-18)16-22-13-6-10-19(15-22)23-14-12-17-7-4-5-11-20(17)23/h1-5,7-9,11,19,21,24H,6,10,12-16H2. The van der Waals surface area contributed by atoms with Crippen molar-refractivity contribution in [1.82, 2.24) is 4.90 Å². The largest absolute Gasteiger partial charge is 0.387 e. The number of aliphatic hydroxyl groups excluding tert-OH is 1. The van der Waals surface area contributed by atoms with E-state index in [9.17, 15) is 5.11 Å². The van der Waals surface area contributed by atoms with Crippen LogP contribution in [0.5, 0.6) is 0 Å². The number of hydrogen-bond acceptors (Lipinski definition) is 3. The summed E-state index contributed by atoms with van der Waals surface area (Å²) in [6.45, 7) is 4.02. The summed E-state index contributed by atoms with van der Waals surface area (Å²) in [5, 5.41) is 10.5. The molecule has 2 aliphatic rings. The third-order valence-corrected chi connectivity index (χ3v) is 5.46. The van der Waals surface area contributed by atoms with Crippen LogP contribution in [-0.4, -0.2) is 42.2 Å². The first-order valence-electron chi connectivity index (χ1n) is 9.11. The topological polar surface area (TPSA) is 26.7 Å². The molecule has 3 heteroatoms. The van der Waals surface area contributed by atoms with Gasteiger partial charge in [-0.25, -0.2) is 0 Å². The van der Waals surface area contributed by atoms with Gasteiger partial charge in [-0.15, -0.1) is 0 Å². The number of hydrogen-bond donors (Lipinski definition) is 1. The van der Waals surface area contributed by atoms with Crippen LogP contribution in [0.15, 0.2) is 54.6 Å². The molecule has 2 aliphatic heterocycles. The summed E-state index contributed by atoms with van der Waals surface area (Å²) in [6.07, 6.45) is 3.24. The summed E-state index contributed by atoms with van der Waals surface area (Å²) in [7, 11) is 0. The summed E-state index contributed by atoms with van der Waals surface area (Å²) in [6, 6.07) is 19.4. The Balaban J connectivity index is 1.41. The molecule has 126 valence electrons. The van der Waals surface area contributed by atoms with Crippen LogP contribution in [0.1, 0.15) is 30.1 Å². The molecule has 2 aromatic rings. The first-order valence-corrected chi connectivity index (χ1v) is 9.11. The molecule has 0 saturated carbocycles. The van der Waals surface area contributed by atoms with Gasteiger partial charge in [-0.1, -0.05) is 48.5 Å². The highest BCUT2D eigenvalue weighted by Gasteiger charge is 2.30. The van der Waals surface area contributed by atoms with E-state index in [2.05, 4.69) is 34.1 Å². The Morgan fingerprint density at radius 3 is 2.67 bits per heavy atom. The smallest absolute Gasteiger partial charge is 0.0916 e. The Hall–Kier alpha value is -1.84. The summed E-state index contributed by atoms with van der Waals surface area (Å²) in [4.78, 5) is 5.03. The summed E-state index contributed by atoms with van der Waals surface area (Å²) in [5.41, 5.74) is 3.93. The van der Waals surface area contributed by atoms with Gasteiger partial charge >= 0.3 is 0 Å². The molecule has 0 aromatic heterocycles. The van der Waals surface area contributed by atoms with E-state index < -0.39 is 6.10 Å². The van der Waals surface area contributed by atoms with Crippen LogP contribution in [0.3, 0.4) is 0 Å². The highest BCUT2D eigenvalue weighted by molar-refractivity contribution is 5.58. The molecule has 2 unspecified atom stereocenters. The zero-order valence-corrected chi connectivity index (χ0v) is 14.1. The highest BCUT2D eigenvalue weighted by Crippen LogP contribution is 2.32.